The molecule has 6 amide bonds. The molecule has 40 heavy (non-hydrogen) atoms. The van der Waals surface area contributed by atoms with E-state index in [-0.39, 0.29) is 42.4 Å². The zero-order valence-corrected chi connectivity index (χ0v) is 25.8. The first kappa shape index (κ1) is 33.8. The second-order valence-corrected chi connectivity index (χ2v) is 11.4. The molecule has 0 aromatic heterocycles. The van der Waals surface area contributed by atoms with E-state index in [1.165, 1.54) is 9.80 Å². The van der Waals surface area contributed by atoms with Crippen molar-refractivity contribution in [3.05, 3.63) is 12.7 Å². The average Bonchev–Trinajstić information content (AvgIpc) is 3.42. The third-order valence-corrected chi connectivity index (χ3v) is 9.35. The van der Waals surface area contributed by atoms with Gasteiger partial charge in [0.05, 0.1) is 5.54 Å². The fourth-order valence-corrected chi connectivity index (χ4v) is 6.22. The highest BCUT2D eigenvalue weighted by Crippen LogP contribution is 2.38. The zero-order chi connectivity index (χ0) is 29.8. The molecule has 0 aromatic carbocycles. The van der Waals surface area contributed by atoms with Gasteiger partial charge >= 0.3 is 12.1 Å². The third-order valence-electron chi connectivity index (χ3n) is 9.35. The summed E-state index contributed by atoms with van der Waals surface area (Å²) >= 11 is 0. The molecule has 2 aliphatic heterocycles. The third kappa shape index (κ3) is 8.08. The van der Waals surface area contributed by atoms with E-state index in [1.54, 1.807) is 15.9 Å². The Balaban J connectivity index is 1.67. The Kier molecular flexibility index (Phi) is 13.6. The summed E-state index contributed by atoms with van der Waals surface area (Å²) in [6.45, 7) is 17.6. The van der Waals surface area contributed by atoms with Crippen molar-refractivity contribution < 1.29 is 23.9 Å². The second kappa shape index (κ2) is 16.1. The van der Waals surface area contributed by atoms with E-state index < -0.39 is 5.54 Å². The molecule has 2 aliphatic rings. The highest BCUT2D eigenvalue weighted by atomic mass is 16.5. The quantitative estimate of drug-likeness (QED) is 0.0997. The summed E-state index contributed by atoms with van der Waals surface area (Å²) in [5.41, 5.74) is -0.394. The van der Waals surface area contributed by atoms with Gasteiger partial charge in [-0.25, -0.2) is 9.59 Å². The van der Waals surface area contributed by atoms with E-state index >= 15 is 0 Å². The maximum atomic E-state index is 12.8. The van der Waals surface area contributed by atoms with Crippen LogP contribution in [-0.2, 0) is 14.3 Å². The molecule has 9 heteroatoms. The van der Waals surface area contributed by atoms with Gasteiger partial charge < -0.3 is 14.5 Å². The molecule has 0 aromatic rings. The molecule has 0 bridgehead atoms. The van der Waals surface area contributed by atoms with Crippen molar-refractivity contribution in [3.63, 3.8) is 0 Å². The SMILES string of the molecule is C=CC(CC)(CCCCOCCCCC(CC)(CC)CCCN1C(=O)CN(CC)C1=O)N1C(=O)CN(CC)C1=O. The first-order valence-electron chi connectivity index (χ1n) is 15.6. The van der Waals surface area contributed by atoms with Crippen LogP contribution in [0.3, 0.4) is 0 Å². The minimum absolute atomic E-state index is 0.0753. The average molecular weight is 563 g/mol. The van der Waals surface area contributed by atoms with E-state index in [2.05, 4.69) is 20.4 Å². The molecule has 2 saturated heterocycles. The normalized spacial score (nSPS) is 17.9. The fraction of sp³-hybridized carbons (Fsp3) is 0.806. The molecular weight excluding hydrogens is 508 g/mol. The van der Waals surface area contributed by atoms with Crippen molar-refractivity contribution in [1.82, 2.24) is 19.6 Å². The molecule has 0 spiro atoms. The van der Waals surface area contributed by atoms with Crippen LogP contribution >= 0.6 is 0 Å². The van der Waals surface area contributed by atoms with Crippen molar-refractivity contribution in [2.45, 2.75) is 111 Å². The minimum atomic E-state index is -0.632. The monoisotopic (exact) mass is 562 g/mol. The van der Waals surface area contributed by atoms with Crippen LogP contribution in [-0.4, -0.2) is 95.0 Å². The van der Waals surface area contributed by atoms with Gasteiger partial charge in [0.1, 0.15) is 13.1 Å². The summed E-state index contributed by atoms with van der Waals surface area (Å²) in [6, 6.07) is -0.351. The number of likely N-dealkylation sites (N-methyl/N-ethyl adjacent to an activating group) is 2. The van der Waals surface area contributed by atoms with E-state index in [4.69, 9.17) is 4.74 Å². The van der Waals surface area contributed by atoms with Gasteiger partial charge in [0, 0.05) is 32.8 Å². The van der Waals surface area contributed by atoms with Gasteiger partial charge in [-0.2, -0.15) is 0 Å². The van der Waals surface area contributed by atoms with Crippen LogP contribution in [0, 0.1) is 5.41 Å². The maximum absolute atomic E-state index is 12.8. The predicted molar refractivity (Wildman–Crippen MR) is 158 cm³/mol. The molecule has 2 heterocycles. The van der Waals surface area contributed by atoms with E-state index in [0.29, 0.717) is 39.1 Å². The molecule has 228 valence electrons. The number of amides is 6. The number of urea groups is 2. The van der Waals surface area contributed by atoms with E-state index in [1.807, 2.05) is 20.8 Å². The Morgan fingerprint density at radius 1 is 0.725 bits per heavy atom. The molecule has 2 fully saturated rings. The van der Waals surface area contributed by atoms with Crippen molar-refractivity contribution in [2.75, 3.05) is 45.9 Å². The number of hydrogen-bond acceptors (Lipinski definition) is 5. The highest BCUT2D eigenvalue weighted by molar-refractivity contribution is 6.03. The van der Waals surface area contributed by atoms with Gasteiger partial charge in [0.25, 0.3) is 5.91 Å². The van der Waals surface area contributed by atoms with Gasteiger partial charge in [-0.3, -0.25) is 19.4 Å². The summed E-state index contributed by atoms with van der Waals surface area (Å²) in [6.07, 6.45) is 12.1. The standard InChI is InChI=1S/C31H54N4O5/c1-7-30(8-2,19-17-21-34-26(36)24-32(11-5)28(34)38)18-13-15-22-40-23-16-14-20-31(9-3,10-4)35-27(37)25-33(12-6)29(35)39/h9H,3,7-8,10-25H2,1-2,4-6H3. The number of hydrogen-bond donors (Lipinski definition) is 0. The van der Waals surface area contributed by atoms with Crippen LogP contribution in [0.4, 0.5) is 9.59 Å². The molecule has 0 aliphatic carbocycles. The summed E-state index contributed by atoms with van der Waals surface area (Å²) in [5.74, 6) is -0.213. The molecule has 0 N–H and O–H groups in total. The number of unbranched alkanes of at least 4 members (excludes halogenated alkanes) is 2. The van der Waals surface area contributed by atoms with Gasteiger partial charge in [-0.1, -0.05) is 46.1 Å². The van der Waals surface area contributed by atoms with E-state index in [0.717, 1.165) is 64.4 Å². The van der Waals surface area contributed by atoms with Crippen LogP contribution in [0.1, 0.15) is 105 Å². The summed E-state index contributed by atoms with van der Waals surface area (Å²) < 4.78 is 5.92. The molecular formula is C31H54N4O5. The van der Waals surface area contributed by atoms with Gasteiger partial charge in [-0.05, 0) is 70.6 Å². The highest BCUT2D eigenvalue weighted by Gasteiger charge is 2.46. The summed E-state index contributed by atoms with van der Waals surface area (Å²) in [4.78, 5) is 55.9. The summed E-state index contributed by atoms with van der Waals surface area (Å²) in [7, 11) is 0. The number of imide groups is 2. The largest absolute Gasteiger partial charge is 0.381 e. The number of carbonyl (C=O) groups excluding carboxylic acids is 4. The number of ether oxygens (including phenoxy) is 1. The van der Waals surface area contributed by atoms with Gasteiger partial charge in [0.2, 0.25) is 5.91 Å². The Hall–Kier alpha value is -2.42. The fourth-order valence-electron chi connectivity index (χ4n) is 6.22. The minimum Gasteiger partial charge on any atom is -0.381 e. The van der Waals surface area contributed by atoms with Gasteiger partial charge in [0.15, 0.2) is 0 Å². The lowest BCUT2D eigenvalue weighted by Crippen LogP contribution is -2.50. The maximum Gasteiger partial charge on any atom is 0.327 e. The lowest BCUT2D eigenvalue weighted by Gasteiger charge is -2.37. The first-order chi connectivity index (χ1) is 19.2. The first-order valence-corrected chi connectivity index (χ1v) is 15.6. The number of nitrogens with zero attached hydrogens (tertiary/aromatic N) is 4. The topological polar surface area (TPSA) is 90.5 Å². The van der Waals surface area contributed by atoms with E-state index in [9.17, 15) is 19.2 Å². The number of rotatable bonds is 21. The Bertz CT molecular complexity index is 874. The Morgan fingerprint density at radius 3 is 1.77 bits per heavy atom. The smallest absolute Gasteiger partial charge is 0.327 e. The van der Waals surface area contributed by atoms with Crippen LogP contribution in [0.25, 0.3) is 0 Å². The van der Waals surface area contributed by atoms with Crippen molar-refractivity contribution in [3.8, 4) is 0 Å². The Morgan fingerprint density at radius 2 is 1.27 bits per heavy atom. The van der Waals surface area contributed by atoms with Crippen LogP contribution < -0.4 is 0 Å². The molecule has 0 radical (unpaired) electrons. The Labute approximate surface area is 242 Å². The van der Waals surface area contributed by atoms with Crippen molar-refractivity contribution >= 4 is 23.9 Å². The van der Waals surface area contributed by atoms with Crippen LogP contribution in [0.5, 0.6) is 0 Å². The van der Waals surface area contributed by atoms with Crippen molar-refractivity contribution in [2.24, 2.45) is 5.41 Å². The molecule has 2 rings (SSSR count). The van der Waals surface area contributed by atoms with Crippen LogP contribution in [0.15, 0.2) is 12.7 Å². The summed E-state index contributed by atoms with van der Waals surface area (Å²) in [5, 5.41) is 0. The molecule has 9 nitrogen and oxygen atoms in total. The lowest BCUT2D eigenvalue weighted by molar-refractivity contribution is -0.129. The second-order valence-electron chi connectivity index (χ2n) is 11.4. The predicted octanol–water partition coefficient (Wildman–Crippen LogP) is 5.83. The lowest BCUT2D eigenvalue weighted by atomic mass is 9.74. The number of carbonyl (C=O) groups is 4. The molecule has 1 atom stereocenters. The molecule has 0 saturated carbocycles. The van der Waals surface area contributed by atoms with Crippen LogP contribution in [0.2, 0.25) is 0 Å². The van der Waals surface area contributed by atoms with Crippen molar-refractivity contribution in [1.29, 1.82) is 0 Å². The molecule has 1 unspecified atom stereocenters. The zero-order valence-electron chi connectivity index (χ0n) is 25.8. The van der Waals surface area contributed by atoms with Gasteiger partial charge in [-0.15, -0.1) is 6.58 Å².